The summed E-state index contributed by atoms with van der Waals surface area (Å²) in [6, 6.07) is 15.1. The Bertz CT molecular complexity index is 1370. The number of H-pyrrole nitrogens is 1. The molecule has 0 radical (unpaired) electrons. The average molecular weight is 438 g/mol. The number of aromatic amines is 1. The molecular formula is C24H23LiN4O4. The van der Waals surface area contributed by atoms with Crippen molar-refractivity contribution in [1.29, 1.82) is 0 Å². The number of carboxylic acid groups (broad SMARTS) is 1. The van der Waals surface area contributed by atoms with E-state index < -0.39 is 5.97 Å². The van der Waals surface area contributed by atoms with Crippen molar-refractivity contribution in [2.45, 2.75) is 13.5 Å². The van der Waals surface area contributed by atoms with Crippen LogP contribution in [0.4, 0.5) is 0 Å². The zero-order chi connectivity index (χ0) is 22.4. The summed E-state index contributed by atoms with van der Waals surface area (Å²) in [4.78, 5) is 33.9. The van der Waals surface area contributed by atoms with Crippen molar-refractivity contribution in [3.63, 3.8) is 0 Å². The van der Waals surface area contributed by atoms with Gasteiger partial charge in [-0.1, -0.05) is 12.1 Å². The predicted octanol–water partition coefficient (Wildman–Crippen LogP) is 2.96. The van der Waals surface area contributed by atoms with Crippen molar-refractivity contribution >= 4 is 41.8 Å². The molecule has 0 unspecified atom stereocenters. The van der Waals surface area contributed by atoms with E-state index in [2.05, 4.69) is 16.0 Å². The summed E-state index contributed by atoms with van der Waals surface area (Å²) in [5.74, 6) is 0.329. The van der Waals surface area contributed by atoms with Crippen LogP contribution in [-0.4, -0.2) is 68.4 Å². The van der Waals surface area contributed by atoms with Crippen LogP contribution in [0.1, 0.15) is 32.4 Å². The first-order chi connectivity index (χ1) is 15.4. The Hall–Kier alpha value is -3.47. The zero-order valence-corrected chi connectivity index (χ0v) is 17.8. The van der Waals surface area contributed by atoms with Gasteiger partial charge in [-0.15, -0.1) is 0 Å². The minimum atomic E-state index is -1.06. The number of nitrogens with zero attached hydrogens (tertiary/aromatic N) is 3. The molecule has 2 aromatic heterocycles. The predicted molar refractivity (Wildman–Crippen MR) is 126 cm³/mol. The zero-order valence-electron chi connectivity index (χ0n) is 17.8. The number of rotatable bonds is 3. The monoisotopic (exact) mass is 438 g/mol. The molecule has 0 atom stereocenters. The van der Waals surface area contributed by atoms with Gasteiger partial charge < -0.3 is 24.3 Å². The van der Waals surface area contributed by atoms with Crippen LogP contribution in [0, 0.1) is 6.92 Å². The Balaban J connectivity index is 0.00000259. The normalized spacial score (nSPS) is 13.1. The molecule has 0 aliphatic carbocycles. The van der Waals surface area contributed by atoms with E-state index in [0.717, 1.165) is 39.3 Å². The van der Waals surface area contributed by atoms with Gasteiger partial charge >= 0.3 is 24.8 Å². The van der Waals surface area contributed by atoms with Gasteiger partial charge in [0.15, 0.2) is 0 Å². The van der Waals surface area contributed by atoms with Gasteiger partial charge in [0.1, 0.15) is 29.6 Å². The first kappa shape index (κ1) is 22.7. The van der Waals surface area contributed by atoms with E-state index in [1.807, 2.05) is 37.3 Å². The van der Waals surface area contributed by atoms with Gasteiger partial charge in [0.2, 0.25) is 0 Å². The summed E-state index contributed by atoms with van der Waals surface area (Å²) in [5.41, 5.74) is 5.27. The number of aromatic carboxylic acids is 1. The van der Waals surface area contributed by atoms with Gasteiger partial charge in [-0.2, -0.15) is 0 Å². The molecule has 1 aliphatic heterocycles. The number of fused-ring (bicyclic) bond motifs is 2. The van der Waals surface area contributed by atoms with Gasteiger partial charge in [-0.05, 0) is 54.4 Å². The summed E-state index contributed by atoms with van der Waals surface area (Å²) in [6.45, 7) is 3.08. The molecule has 1 aliphatic rings. The number of carboxylic acids is 1. The first-order valence-electron chi connectivity index (χ1n) is 10.3. The summed E-state index contributed by atoms with van der Waals surface area (Å²) in [7, 11) is 1.59. The molecule has 9 heteroatoms. The van der Waals surface area contributed by atoms with Crippen molar-refractivity contribution < 1.29 is 19.4 Å². The van der Waals surface area contributed by atoms with Crippen molar-refractivity contribution in [1.82, 2.24) is 19.4 Å². The standard InChI is InChI=1S/C24H22N4O4.Li.H/c1-14-25-18-5-3-16(12-19(18)26-14)15-4-8-22-17(11-15)13-28(9-10-32-22)23(29)20-6-7-21(24(30)31)27(20)2;;/h3-8,11-12H,9-10,13H2,1-2H3,(H,25,26)(H,30,31);;. The van der Waals surface area contributed by atoms with E-state index in [0.29, 0.717) is 25.4 Å². The molecule has 5 rings (SSSR count). The fraction of sp³-hybridized carbons (Fsp3) is 0.208. The quantitative estimate of drug-likeness (QED) is 0.479. The Morgan fingerprint density at radius 1 is 1.06 bits per heavy atom. The third kappa shape index (κ3) is 4.15. The topological polar surface area (TPSA) is 100 Å². The first-order valence-corrected chi connectivity index (χ1v) is 10.3. The van der Waals surface area contributed by atoms with Crippen LogP contribution in [0.15, 0.2) is 48.5 Å². The van der Waals surface area contributed by atoms with Crippen LogP contribution in [0.2, 0.25) is 0 Å². The molecule has 3 heterocycles. The van der Waals surface area contributed by atoms with E-state index in [4.69, 9.17) is 4.74 Å². The van der Waals surface area contributed by atoms with Gasteiger partial charge in [0.25, 0.3) is 5.91 Å². The molecule has 0 fully saturated rings. The fourth-order valence-corrected chi connectivity index (χ4v) is 4.17. The molecule has 2 N–H and O–H groups in total. The Morgan fingerprint density at radius 3 is 2.55 bits per heavy atom. The number of hydrogen-bond acceptors (Lipinski definition) is 4. The second-order valence-corrected chi connectivity index (χ2v) is 7.92. The number of nitrogens with one attached hydrogen (secondary N) is 1. The Kier molecular flexibility index (Phi) is 6.07. The minimum absolute atomic E-state index is 0. The maximum absolute atomic E-state index is 13.2. The third-order valence-corrected chi connectivity index (χ3v) is 5.82. The Morgan fingerprint density at radius 2 is 1.79 bits per heavy atom. The van der Waals surface area contributed by atoms with E-state index in [9.17, 15) is 14.7 Å². The van der Waals surface area contributed by atoms with Crippen LogP contribution in [-0.2, 0) is 13.6 Å². The molecule has 2 aromatic carbocycles. The van der Waals surface area contributed by atoms with Crippen molar-refractivity contribution in [2.24, 2.45) is 7.05 Å². The summed E-state index contributed by atoms with van der Waals surface area (Å²) in [6.07, 6.45) is 0. The van der Waals surface area contributed by atoms with Crippen LogP contribution in [0.3, 0.4) is 0 Å². The number of amides is 1. The molecule has 8 nitrogen and oxygen atoms in total. The summed E-state index contributed by atoms with van der Waals surface area (Å²) < 4.78 is 7.30. The van der Waals surface area contributed by atoms with Gasteiger partial charge in [-0.25, -0.2) is 9.78 Å². The van der Waals surface area contributed by atoms with Crippen LogP contribution in [0.25, 0.3) is 22.2 Å². The van der Waals surface area contributed by atoms with E-state index in [1.165, 1.54) is 10.6 Å². The number of carbonyl (C=O) groups is 2. The van der Waals surface area contributed by atoms with Gasteiger partial charge in [0.05, 0.1) is 17.6 Å². The molecular weight excluding hydrogens is 415 g/mol. The number of hydrogen-bond donors (Lipinski definition) is 2. The van der Waals surface area contributed by atoms with E-state index >= 15 is 0 Å². The molecule has 0 saturated carbocycles. The Labute approximate surface area is 202 Å². The molecule has 164 valence electrons. The number of imidazole rings is 1. The van der Waals surface area contributed by atoms with Crippen LogP contribution >= 0.6 is 0 Å². The second-order valence-electron chi connectivity index (χ2n) is 7.92. The van der Waals surface area contributed by atoms with Gasteiger partial charge in [-0.3, -0.25) is 4.79 Å². The van der Waals surface area contributed by atoms with Crippen LogP contribution in [0.5, 0.6) is 5.75 Å². The number of carbonyl (C=O) groups excluding carboxylic acids is 1. The van der Waals surface area contributed by atoms with Crippen molar-refractivity contribution in [3.8, 4) is 16.9 Å². The number of aryl methyl sites for hydroxylation is 1. The SMILES string of the molecule is Cc1nc2ccc(-c3ccc4c(c3)CN(C(=O)c3ccc(C(=O)O)n3C)CCO4)cc2[nH]1.[LiH]. The second kappa shape index (κ2) is 8.81. The molecule has 33 heavy (non-hydrogen) atoms. The number of ether oxygens (including phenoxy) is 1. The number of aromatic nitrogens is 3. The van der Waals surface area contributed by atoms with E-state index in [-0.39, 0.29) is 30.5 Å². The number of benzene rings is 2. The third-order valence-electron chi connectivity index (χ3n) is 5.82. The van der Waals surface area contributed by atoms with Crippen LogP contribution < -0.4 is 4.74 Å². The van der Waals surface area contributed by atoms with E-state index in [1.54, 1.807) is 18.0 Å². The van der Waals surface area contributed by atoms with Crippen molar-refractivity contribution in [3.05, 3.63) is 71.3 Å². The summed E-state index contributed by atoms with van der Waals surface area (Å²) >= 11 is 0. The van der Waals surface area contributed by atoms with Gasteiger partial charge in [0, 0.05) is 19.2 Å². The molecule has 0 saturated heterocycles. The molecule has 0 bridgehead atoms. The summed E-state index contributed by atoms with van der Waals surface area (Å²) in [5, 5.41) is 9.28. The maximum atomic E-state index is 13.2. The van der Waals surface area contributed by atoms with Crippen molar-refractivity contribution in [2.75, 3.05) is 13.2 Å². The fourth-order valence-electron chi connectivity index (χ4n) is 4.17. The molecule has 1 amide bonds. The molecule has 4 aromatic rings. The average Bonchev–Trinajstić information content (AvgIpc) is 3.26. The molecule has 0 spiro atoms.